The molecule has 1 aliphatic heterocycles. The third kappa shape index (κ3) is 5.28. The van der Waals surface area contributed by atoms with Gasteiger partial charge in [-0.15, -0.1) is 17.7 Å². The predicted octanol–water partition coefficient (Wildman–Crippen LogP) is 4.29. The van der Waals surface area contributed by atoms with Crippen molar-refractivity contribution in [2.75, 3.05) is 20.8 Å². The zero-order valence-electron chi connectivity index (χ0n) is 15.9. The molecule has 3 rings (SSSR count). The summed E-state index contributed by atoms with van der Waals surface area (Å²) in [6, 6.07) is 12.8. The van der Waals surface area contributed by atoms with Crippen molar-refractivity contribution in [3.8, 4) is 17.2 Å². The summed E-state index contributed by atoms with van der Waals surface area (Å²) in [6.07, 6.45) is 1.64. The molecule has 0 N–H and O–H groups in total. The average Bonchev–Trinajstić information content (AvgIpc) is 2.68. The van der Waals surface area contributed by atoms with Crippen molar-refractivity contribution in [2.24, 2.45) is 4.99 Å². The Labute approximate surface area is 180 Å². The fourth-order valence-corrected chi connectivity index (χ4v) is 2.82. The van der Waals surface area contributed by atoms with Crippen LogP contribution in [0.3, 0.4) is 0 Å². The molecule has 0 aliphatic carbocycles. The van der Waals surface area contributed by atoms with Gasteiger partial charge in [0.2, 0.25) is 0 Å². The first-order valence-electron chi connectivity index (χ1n) is 8.46. The number of nitrogens with zero attached hydrogens (tertiary/aromatic N) is 1. The van der Waals surface area contributed by atoms with Crippen LogP contribution >= 0.6 is 0 Å². The van der Waals surface area contributed by atoms with Crippen LogP contribution in [0.4, 0.5) is 0 Å². The first-order valence-corrected chi connectivity index (χ1v) is 8.46. The number of aliphatic imine (C=N–C) groups is 1. The summed E-state index contributed by atoms with van der Waals surface area (Å²) in [6.45, 7) is 4.79. The zero-order valence-corrected chi connectivity index (χ0v) is 20.1. The van der Waals surface area contributed by atoms with Crippen molar-refractivity contribution in [2.45, 2.75) is 26.7 Å². The second-order valence-corrected chi connectivity index (χ2v) is 5.33. The summed E-state index contributed by atoms with van der Waals surface area (Å²) < 4.78 is 15.8. The molecule has 136 valence electrons. The minimum absolute atomic E-state index is 0. The van der Waals surface area contributed by atoms with E-state index in [2.05, 4.69) is 13.2 Å². The van der Waals surface area contributed by atoms with Crippen LogP contribution in [0.1, 0.15) is 30.5 Å². The van der Waals surface area contributed by atoms with Gasteiger partial charge in [0.25, 0.3) is 0 Å². The number of methoxy groups -OCH3 is 2. The summed E-state index contributed by atoms with van der Waals surface area (Å²) in [4.78, 5) is 4.71. The Morgan fingerprint density at radius 1 is 1.12 bits per heavy atom. The van der Waals surface area contributed by atoms with Gasteiger partial charge in [-0.25, -0.2) is 0 Å². The number of benzene rings is 2. The Morgan fingerprint density at radius 2 is 1.81 bits per heavy atom. The summed E-state index contributed by atoms with van der Waals surface area (Å²) in [5, 5.41) is 0. The van der Waals surface area contributed by atoms with Crippen LogP contribution in [0.25, 0.3) is 0 Å². The standard InChI is InChI=1S/C19H19NO3.C2H6.U/c1-21-15-6-4-5-13(9-15)10-17-16-12-19(23-3)18(22-2)11-14(16)7-8-20-17;1-2;/h4-5,9,11-12H,1,7-8,10H2,2-3H3;1-2H3;/q-2;;+2. The third-order valence-electron chi connectivity index (χ3n) is 3.97. The van der Waals surface area contributed by atoms with E-state index < -0.39 is 0 Å². The Morgan fingerprint density at radius 3 is 2.46 bits per heavy atom. The summed E-state index contributed by atoms with van der Waals surface area (Å²) in [7, 11) is 6.73. The number of hydrogen-bond donors (Lipinski definition) is 0. The van der Waals surface area contributed by atoms with Crippen LogP contribution in [0.5, 0.6) is 17.2 Å². The van der Waals surface area contributed by atoms with Crippen molar-refractivity contribution < 1.29 is 45.3 Å². The monoisotopic (exact) mass is 577 g/mol. The van der Waals surface area contributed by atoms with E-state index in [1.54, 1.807) is 14.2 Å². The van der Waals surface area contributed by atoms with Crippen LogP contribution in [0.2, 0.25) is 0 Å². The maximum Gasteiger partial charge on any atom is 2.00 e. The van der Waals surface area contributed by atoms with Crippen LogP contribution in [0.15, 0.2) is 35.3 Å². The molecule has 0 bridgehead atoms. The maximum atomic E-state index is 5.42. The van der Waals surface area contributed by atoms with E-state index in [0.29, 0.717) is 5.75 Å². The minimum Gasteiger partial charge on any atom is -0.683 e. The van der Waals surface area contributed by atoms with E-state index in [-0.39, 0.29) is 31.1 Å². The van der Waals surface area contributed by atoms with Gasteiger partial charge in [-0.3, -0.25) is 4.99 Å². The largest absolute Gasteiger partial charge is 2.00 e. The molecular formula is C21H25NO3U. The van der Waals surface area contributed by atoms with E-state index in [4.69, 9.17) is 19.2 Å². The molecule has 0 amide bonds. The van der Waals surface area contributed by atoms with Crippen molar-refractivity contribution in [3.05, 3.63) is 60.2 Å². The second-order valence-electron chi connectivity index (χ2n) is 5.33. The molecule has 2 aromatic rings. The van der Waals surface area contributed by atoms with E-state index in [0.717, 1.165) is 47.7 Å². The molecule has 0 saturated carbocycles. The van der Waals surface area contributed by atoms with Crippen LogP contribution in [-0.2, 0) is 12.8 Å². The molecule has 0 aromatic heterocycles. The van der Waals surface area contributed by atoms with Gasteiger partial charge in [-0.1, -0.05) is 13.8 Å². The molecular weight excluding hydrogens is 552 g/mol. The summed E-state index contributed by atoms with van der Waals surface area (Å²) >= 11 is 0. The topological polar surface area (TPSA) is 40.0 Å². The van der Waals surface area contributed by atoms with E-state index >= 15 is 0 Å². The van der Waals surface area contributed by atoms with Gasteiger partial charge in [-0.2, -0.15) is 19.2 Å². The fourth-order valence-electron chi connectivity index (χ4n) is 2.82. The smallest absolute Gasteiger partial charge is 0.683 e. The number of hydrogen-bond acceptors (Lipinski definition) is 4. The van der Waals surface area contributed by atoms with Crippen LogP contribution < -0.4 is 14.2 Å². The van der Waals surface area contributed by atoms with Gasteiger partial charge in [0.05, 0.1) is 14.2 Å². The predicted molar refractivity (Wildman–Crippen MR) is 101 cm³/mol. The molecule has 4 nitrogen and oxygen atoms in total. The third-order valence-corrected chi connectivity index (χ3v) is 3.97. The SMILES string of the molecule is CC.[CH2-]Oc1[c-]ccc(CC2=NCCc3cc(OC)c(OC)cc32)c1.[U+2]. The average molecular weight is 577 g/mol. The van der Waals surface area contributed by atoms with Crippen molar-refractivity contribution in [1.82, 2.24) is 0 Å². The van der Waals surface area contributed by atoms with Gasteiger partial charge in [0.15, 0.2) is 11.5 Å². The molecule has 0 fully saturated rings. The Hall–Kier alpha value is -1.44. The Balaban J connectivity index is 0.00000109. The molecule has 26 heavy (non-hydrogen) atoms. The van der Waals surface area contributed by atoms with Gasteiger partial charge in [0.1, 0.15) is 0 Å². The zero-order chi connectivity index (χ0) is 18.2. The van der Waals surface area contributed by atoms with Gasteiger partial charge in [-0.05, 0) is 36.3 Å². The van der Waals surface area contributed by atoms with E-state index in [9.17, 15) is 0 Å². The maximum absolute atomic E-state index is 5.42. The Kier molecular flexibility index (Phi) is 9.83. The molecule has 2 aromatic carbocycles. The minimum atomic E-state index is 0. The van der Waals surface area contributed by atoms with Crippen molar-refractivity contribution >= 4 is 5.71 Å². The Bertz CT molecular complexity index is 744. The van der Waals surface area contributed by atoms with Gasteiger partial charge < -0.3 is 14.2 Å². The number of rotatable bonds is 5. The van der Waals surface area contributed by atoms with Crippen molar-refractivity contribution in [1.29, 1.82) is 0 Å². The number of fused-ring (bicyclic) bond motifs is 1. The molecule has 5 heteroatoms. The first-order chi connectivity index (χ1) is 12.2. The van der Waals surface area contributed by atoms with Crippen molar-refractivity contribution in [3.63, 3.8) is 0 Å². The molecule has 0 saturated heterocycles. The molecule has 1 aliphatic rings. The normalized spacial score (nSPS) is 11.8. The number of ether oxygens (including phenoxy) is 3. The molecule has 0 radical (unpaired) electrons. The quantitative estimate of drug-likeness (QED) is 0.499. The van der Waals surface area contributed by atoms with Crippen LogP contribution in [0, 0.1) is 44.3 Å². The summed E-state index contributed by atoms with van der Waals surface area (Å²) in [5.74, 6) is 2.12. The second kappa shape index (κ2) is 11.3. The molecule has 0 atom stereocenters. The van der Waals surface area contributed by atoms with E-state index in [1.165, 1.54) is 5.56 Å². The van der Waals surface area contributed by atoms with Gasteiger partial charge >= 0.3 is 31.1 Å². The van der Waals surface area contributed by atoms with E-state index in [1.807, 2.05) is 44.2 Å². The molecule has 0 unspecified atom stereocenters. The fraction of sp³-hybridized carbons (Fsp3) is 0.333. The summed E-state index contributed by atoms with van der Waals surface area (Å²) in [5.41, 5.74) is 4.53. The van der Waals surface area contributed by atoms with Gasteiger partial charge in [0, 0.05) is 17.8 Å². The molecule has 1 heterocycles. The molecule has 0 spiro atoms. The first kappa shape index (κ1) is 22.6. The van der Waals surface area contributed by atoms with Crippen LogP contribution in [-0.4, -0.2) is 26.5 Å².